The van der Waals surface area contributed by atoms with Gasteiger partial charge >= 0.3 is 6.18 Å². The van der Waals surface area contributed by atoms with Gasteiger partial charge in [-0.1, -0.05) is 25.1 Å². The van der Waals surface area contributed by atoms with Crippen molar-refractivity contribution in [3.63, 3.8) is 0 Å². The number of hydrogen-bond donors (Lipinski definition) is 0. The molecule has 21 heavy (non-hydrogen) atoms. The second-order valence-electron chi connectivity index (χ2n) is 5.12. The van der Waals surface area contributed by atoms with Gasteiger partial charge in [-0.15, -0.1) is 0 Å². The van der Waals surface area contributed by atoms with Gasteiger partial charge in [0.05, 0.1) is 24.7 Å². The minimum Gasteiger partial charge on any atom is -0.375 e. The van der Waals surface area contributed by atoms with Gasteiger partial charge in [0.1, 0.15) is 0 Å². The van der Waals surface area contributed by atoms with Gasteiger partial charge in [-0.25, -0.2) is 0 Å². The van der Waals surface area contributed by atoms with Crippen molar-refractivity contribution in [2.75, 3.05) is 19.7 Å². The van der Waals surface area contributed by atoms with E-state index in [2.05, 4.69) is 0 Å². The number of halogens is 3. The molecule has 6 heteroatoms. The fourth-order valence-corrected chi connectivity index (χ4v) is 2.34. The standard InChI is InChI=1S/C15H18F3NO2/c1-2-13-10-19(6-7-21-13)14(20)9-11-4-3-5-12(8-11)15(16,17)18/h3-5,8,13H,2,6-7,9-10H2,1H3/t13-/m0/s1. The molecule has 1 atom stereocenters. The van der Waals surface area contributed by atoms with Gasteiger partial charge in [0.25, 0.3) is 0 Å². The highest BCUT2D eigenvalue weighted by Crippen LogP contribution is 2.29. The highest BCUT2D eigenvalue weighted by molar-refractivity contribution is 5.79. The number of morpholine rings is 1. The number of rotatable bonds is 3. The number of ether oxygens (including phenoxy) is 1. The van der Waals surface area contributed by atoms with Crippen molar-refractivity contribution >= 4 is 5.91 Å². The highest BCUT2D eigenvalue weighted by Gasteiger charge is 2.30. The molecule has 1 aromatic rings. The van der Waals surface area contributed by atoms with Crippen molar-refractivity contribution in [3.8, 4) is 0 Å². The van der Waals surface area contributed by atoms with Crippen LogP contribution < -0.4 is 0 Å². The smallest absolute Gasteiger partial charge is 0.375 e. The minimum absolute atomic E-state index is 0.0135. The van der Waals surface area contributed by atoms with Crippen LogP contribution in [0.4, 0.5) is 13.2 Å². The average Bonchev–Trinajstić information content (AvgIpc) is 2.46. The first-order valence-electron chi connectivity index (χ1n) is 6.95. The van der Waals surface area contributed by atoms with Gasteiger partial charge in [-0.3, -0.25) is 4.79 Å². The quantitative estimate of drug-likeness (QED) is 0.859. The monoisotopic (exact) mass is 301 g/mol. The van der Waals surface area contributed by atoms with Gasteiger partial charge < -0.3 is 9.64 Å². The number of hydrogen-bond acceptors (Lipinski definition) is 2. The molecular weight excluding hydrogens is 283 g/mol. The normalized spacial score (nSPS) is 19.6. The lowest BCUT2D eigenvalue weighted by molar-refractivity contribution is -0.139. The van der Waals surface area contributed by atoms with Crippen LogP contribution in [0.1, 0.15) is 24.5 Å². The van der Waals surface area contributed by atoms with Gasteiger partial charge in [0.15, 0.2) is 0 Å². The summed E-state index contributed by atoms with van der Waals surface area (Å²) >= 11 is 0. The molecule has 0 radical (unpaired) electrons. The summed E-state index contributed by atoms with van der Waals surface area (Å²) < 4.78 is 43.4. The Morgan fingerprint density at radius 3 is 2.86 bits per heavy atom. The van der Waals surface area contributed by atoms with E-state index in [1.807, 2.05) is 6.92 Å². The molecule has 1 heterocycles. The second kappa shape index (κ2) is 6.47. The first-order chi connectivity index (χ1) is 9.90. The Hall–Kier alpha value is -1.56. The summed E-state index contributed by atoms with van der Waals surface area (Å²) in [6, 6.07) is 4.93. The van der Waals surface area contributed by atoms with Crippen LogP contribution >= 0.6 is 0 Å². The van der Waals surface area contributed by atoms with E-state index in [9.17, 15) is 18.0 Å². The van der Waals surface area contributed by atoms with Crippen molar-refractivity contribution in [2.24, 2.45) is 0 Å². The third kappa shape index (κ3) is 4.20. The average molecular weight is 301 g/mol. The topological polar surface area (TPSA) is 29.5 Å². The summed E-state index contributed by atoms with van der Waals surface area (Å²) in [5, 5.41) is 0. The fourth-order valence-electron chi connectivity index (χ4n) is 2.34. The number of benzene rings is 1. The molecule has 2 rings (SSSR count). The molecule has 1 aromatic carbocycles. The molecule has 0 aromatic heterocycles. The van der Waals surface area contributed by atoms with E-state index in [1.54, 1.807) is 11.0 Å². The maximum absolute atomic E-state index is 12.6. The lowest BCUT2D eigenvalue weighted by Gasteiger charge is -2.32. The molecule has 1 aliphatic rings. The first kappa shape index (κ1) is 15.8. The Bertz CT molecular complexity index is 502. The zero-order valence-electron chi connectivity index (χ0n) is 11.8. The van der Waals surface area contributed by atoms with Gasteiger partial charge in [-0.2, -0.15) is 13.2 Å². The first-order valence-corrected chi connectivity index (χ1v) is 6.95. The van der Waals surface area contributed by atoms with E-state index >= 15 is 0 Å². The Labute approximate surface area is 121 Å². The number of nitrogens with zero attached hydrogens (tertiary/aromatic N) is 1. The van der Waals surface area contributed by atoms with Crippen LogP contribution in [-0.2, 0) is 22.1 Å². The second-order valence-corrected chi connectivity index (χ2v) is 5.12. The van der Waals surface area contributed by atoms with Crippen molar-refractivity contribution in [1.29, 1.82) is 0 Å². The molecule has 1 fully saturated rings. The largest absolute Gasteiger partial charge is 0.416 e. The van der Waals surface area contributed by atoms with Crippen LogP contribution in [0.3, 0.4) is 0 Å². The van der Waals surface area contributed by atoms with Crippen LogP contribution in [0.15, 0.2) is 24.3 Å². The third-order valence-corrected chi connectivity index (χ3v) is 3.56. The van der Waals surface area contributed by atoms with E-state index in [0.717, 1.165) is 18.6 Å². The number of amides is 1. The molecule has 1 aliphatic heterocycles. The summed E-state index contributed by atoms with van der Waals surface area (Å²) in [5.41, 5.74) is -0.337. The van der Waals surface area contributed by atoms with Gasteiger partial charge in [-0.05, 0) is 18.1 Å². The molecule has 0 saturated carbocycles. The summed E-state index contributed by atoms with van der Waals surface area (Å²) in [4.78, 5) is 13.8. The van der Waals surface area contributed by atoms with Crippen molar-refractivity contribution < 1.29 is 22.7 Å². The predicted molar refractivity (Wildman–Crippen MR) is 71.8 cm³/mol. The zero-order valence-corrected chi connectivity index (χ0v) is 11.8. The number of carbonyl (C=O) groups excluding carboxylic acids is 1. The molecule has 1 amide bonds. The molecule has 3 nitrogen and oxygen atoms in total. The van der Waals surface area contributed by atoms with Crippen LogP contribution in [0.5, 0.6) is 0 Å². The molecule has 0 aliphatic carbocycles. The van der Waals surface area contributed by atoms with Gasteiger partial charge in [0.2, 0.25) is 5.91 Å². The molecule has 116 valence electrons. The SMILES string of the molecule is CC[C@H]1CN(C(=O)Cc2cccc(C(F)(F)F)c2)CCO1. The van der Waals surface area contributed by atoms with Gasteiger partial charge in [0, 0.05) is 13.1 Å². The minimum atomic E-state index is -4.38. The summed E-state index contributed by atoms with van der Waals surface area (Å²) in [5.74, 6) is -0.156. The predicted octanol–water partition coefficient (Wildman–Crippen LogP) is 2.89. The molecule has 0 spiro atoms. The lowest BCUT2D eigenvalue weighted by Crippen LogP contribution is -2.46. The highest BCUT2D eigenvalue weighted by atomic mass is 19.4. The zero-order chi connectivity index (χ0) is 15.5. The fraction of sp³-hybridized carbons (Fsp3) is 0.533. The van der Waals surface area contributed by atoms with Crippen molar-refractivity contribution in [1.82, 2.24) is 4.90 Å². The van der Waals surface area contributed by atoms with Crippen molar-refractivity contribution in [3.05, 3.63) is 35.4 Å². The van der Waals surface area contributed by atoms with E-state index < -0.39 is 11.7 Å². The Morgan fingerprint density at radius 2 is 2.19 bits per heavy atom. The lowest BCUT2D eigenvalue weighted by atomic mass is 10.1. The van der Waals surface area contributed by atoms with E-state index in [-0.39, 0.29) is 18.4 Å². The number of carbonyl (C=O) groups is 1. The third-order valence-electron chi connectivity index (χ3n) is 3.56. The van der Waals surface area contributed by atoms with E-state index in [1.165, 1.54) is 6.07 Å². The molecule has 0 N–H and O–H groups in total. The molecule has 1 saturated heterocycles. The Morgan fingerprint density at radius 1 is 1.43 bits per heavy atom. The Balaban J connectivity index is 2.02. The maximum Gasteiger partial charge on any atom is 0.416 e. The van der Waals surface area contributed by atoms with E-state index in [4.69, 9.17) is 4.74 Å². The molecule has 0 bridgehead atoms. The van der Waals surface area contributed by atoms with Crippen LogP contribution in [-0.4, -0.2) is 36.6 Å². The number of alkyl halides is 3. The van der Waals surface area contributed by atoms with Crippen LogP contribution in [0.2, 0.25) is 0 Å². The maximum atomic E-state index is 12.6. The van der Waals surface area contributed by atoms with Crippen molar-refractivity contribution in [2.45, 2.75) is 32.0 Å². The van der Waals surface area contributed by atoms with Crippen LogP contribution in [0, 0.1) is 0 Å². The Kier molecular flexibility index (Phi) is 4.88. The molecular formula is C15H18F3NO2. The summed E-state index contributed by atoms with van der Waals surface area (Å²) in [6.07, 6.45) is -3.57. The molecule has 0 unspecified atom stereocenters. The summed E-state index contributed by atoms with van der Waals surface area (Å²) in [7, 11) is 0. The summed E-state index contributed by atoms with van der Waals surface area (Å²) in [6.45, 7) is 3.46. The van der Waals surface area contributed by atoms with Crippen LogP contribution in [0.25, 0.3) is 0 Å². The van der Waals surface area contributed by atoms with E-state index in [0.29, 0.717) is 25.3 Å².